The van der Waals surface area contributed by atoms with Crippen molar-refractivity contribution in [3.05, 3.63) is 64.7 Å². The molecule has 0 bridgehead atoms. The number of hydrogen-bond donors (Lipinski definition) is 2. The molecule has 2 aromatic carbocycles. The highest BCUT2D eigenvalue weighted by atomic mass is 35.5. The predicted octanol–water partition coefficient (Wildman–Crippen LogP) is 2.98. The van der Waals surface area contributed by atoms with E-state index >= 15 is 0 Å². The van der Waals surface area contributed by atoms with Gasteiger partial charge in [-0.2, -0.15) is 0 Å². The van der Waals surface area contributed by atoms with Crippen molar-refractivity contribution in [2.75, 3.05) is 39.3 Å². The summed E-state index contributed by atoms with van der Waals surface area (Å²) in [5, 5.41) is 7.01. The van der Waals surface area contributed by atoms with Crippen LogP contribution in [0.5, 0.6) is 5.75 Å². The Bertz CT molecular complexity index is 719. The molecule has 0 saturated carbocycles. The van der Waals surface area contributed by atoms with E-state index < -0.39 is 0 Å². The number of hydrogen-bond acceptors (Lipinski definition) is 4. The molecular formula is C20H25Cl2N3O2. The van der Waals surface area contributed by atoms with Crippen LogP contribution in [0, 0.1) is 0 Å². The monoisotopic (exact) mass is 409 g/mol. The van der Waals surface area contributed by atoms with Crippen LogP contribution in [0.3, 0.4) is 0 Å². The lowest BCUT2D eigenvalue weighted by atomic mass is 10.2. The lowest BCUT2D eigenvalue weighted by Crippen LogP contribution is -2.46. The molecule has 146 valence electrons. The Morgan fingerprint density at radius 3 is 2.63 bits per heavy atom. The van der Waals surface area contributed by atoms with Crippen LogP contribution in [-0.2, 0) is 6.61 Å². The third-order valence-corrected chi connectivity index (χ3v) is 4.59. The first kappa shape index (κ1) is 21.5. The summed E-state index contributed by atoms with van der Waals surface area (Å²) >= 11 is 5.88. The molecule has 2 N–H and O–H groups in total. The maximum atomic E-state index is 12.3. The lowest BCUT2D eigenvalue weighted by Gasteiger charge is -2.27. The highest BCUT2D eigenvalue weighted by Gasteiger charge is 2.10. The number of benzene rings is 2. The van der Waals surface area contributed by atoms with Crippen LogP contribution in [0.15, 0.2) is 48.5 Å². The van der Waals surface area contributed by atoms with Crippen molar-refractivity contribution >= 4 is 29.9 Å². The van der Waals surface area contributed by atoms with Crippen molar-refractivity contribution in [1.82, 2.24) is 15.5 Å². The molecular weight excluding hydrogens is 385 g/mol. The number of amides is 1. The van der Waals surface area contributed by atoms with Gasteiger partial charge in [0.25, 0.3) is 5.91 Å². The molecule has 1 saturated heterocycles. The first-order chi connectivity index (χ1) is 12.7. The summed E-state index contributed by atoms with van der Waals surface area (Å²) in [5.41, 5.74) is 1.64. The second-order valence-corrected chi connectivity index (χ2v) is 6.73. The Morgan fingerprint density at radius 1 is 1.15 bits per heavy atom. The van der Waals surface area contributed by atoms with E-state index in [2.05, 4.69) is 15.5 Å². The van der Waals surface area contributed by atoms with Crippen molar-refractivity contribution in [3.8, 4) is 5.75 Å². The molecule has 1 heterocycles. The van der Waals surface area contributed by atoms with Crippen LogP contribution in [0.2, 0.25) is 5.02 Å². The van der Waals surface area contributed by atoms with E-state index in [0.717, 1.165) is 38.3 Å². The fourth-order valence-electron chi connectivity index (χ4n) is 2.84. The highest BCUT2D eigenvalue weighted by molar-refractivity contribution is 6.30. The van der Waals surface area contributed by atoms with Gasteiger partial charge in [0.15, 0.2) is 0 Å². The van der Waals surface area contributed by atoms with Gasteiger partial charge in [0, 0.05) is 49.9 Å². The van der Waals surface area contributed by atoms with Gasteiger partial charge in [-0.1, -0.05) is 29.8 Å². The second-order valence-electron chi connectivity index (χ2n) is 6.29. The Labute approximate surface area is 171 Å². The quantitative estimate of drug-likeness (QED) is 0.737. The summed E-state index contributed by atoms with van der Waals surface area (Å²) in [5.74, 6) is 0.604. The molecule has 1 aliphatic rings. The summed E-state index contributed by atoms with van der Waals surface area (Å²) < 4.78 is 5.78. The van der Waals surface area contributed by atoms with Gasteiger partial charge in [0.05, 0.1) is 0 Å². The van der Waals surface area contributed by atoms with Gasteiger partial charge in [-0.3, -0.25) is 9.69 Å². The van der Waals surface area contributed by atoms with Crippen LogP contribution < -0.4 is 15.4 Å². The average Bonchev–Trinajstić information content (AvgIpc) is 2.68. The first-order valence-corrected chi connectivity index (χ1v) is 9.27. The van der Waals surface area contributed by atoms with Crippen LogP contribution in [0.25, 0.3) is 0 Å². The van der Waals surface area contributed by atoms with E-state index in [1.54, 1.807) is 12.1 Å². The highest BCUT2D eigenvalue weighted by Crippen LogP contribution is 2.16. The number of nitrogens with zero attached hydrogens (tertiary/aromatic N) is 1. The van der Waals surface area contributed by atoms with E-state index in [0.29, 0.717) is 29.5 Å². The Morgan fingerprint density at radius 2 is 1.89 bits per heavy atom. The normalized spacial score (nSPS) is 14.3. The Hall–Kier alpha value is -1.79. The molecule has 2 aromatic rings. The van der Waals surface area contributed by atoms with Gasteiger partial charge in [-0.25, -0.2) is 0 Å². The largest absolute Gasteiger partial charge is 0.489 e. The van der Waals surface area contributed by atoms with E-state index in [1.807, 2.05) is 36.4 Å². The zero-order chi connectivity index (χ0) is 18.2. The van der Waals surface area contributed by atoms with Gasteiger partial charge in [0.2, 0.25) is 0 Å². The van der Waals surface area contributed by atoms with Gasteiger partial charge in [0.1, 0.15) is 12.4 Å². The Kier molecular flexibility index (Phi) is 8.88. The molecule has 0 aliphatic carbocycles. The zero-order valence-electron chi connectivity index (χ0n) is 15.1. The number of carbonyl (C=O) groups excluding carboxylic acids is 1. The summed E-state index contributed by atoms with van der Waals surface area (Å²) in [6.07, 6.45) is 0. The summed E-state index contributed by atoms with van der Waals surface area (Å²) in [4.78, 5) is 14.7. The standard InChI is InChI=1S/C20H24ClN3O2.ClH/c21-18-6-4-16(5-7-18)15-26-19-3-1-2-17(14-19)20(25)23-10-13-24-11-8-22-9-12-24;/h1-7,14,22H,8-13,15H2,(H,23,25);1H. The number of piperazine rings is 1. The lowest BCUT2D eigenvalue weighted by molar-refractivity contribution is 0.0947. The maximum absolute atomic E-state index is 12.3. The molecule has 1 amide bonds. The van der Waals surface area contributed by atoms with Crippen LogP contribution in [-0.4, -0.2) is 50.1 Å². The molecule has 1 fully saturated rings. The second kappa shape index (κ2) is 11.1. The Balaban J connectivity index is 0.00000261. The molecule has 27 heavy (non-hydrogen) atoms. The fourth-order valence-corrected chi connectivity index (χ4v) is 2.96. The van der Waals surface area contributed by atoms with E-state index in [9.17, 15) is 4.79 Å². The zero-order valence-corrected chi connectivity index (χ0v) is 16.7. The van der Waals surface area contributed by atoms with E-state index in [4.69, 9.17) is 16.3 Å². The average molecular weight is 410 g/mol. The van der Waals surface area contributed by atoms with Crippen LogP contribution >= 0.6 is 24.0 Å². The molecule has 7 heteroatoms. The number of nitrogens with one attached hydrogen (secondary N) is 2. The molecule has 3 rings (SSSR count). The molecule has 1 aliphatic heterocycles. The predicted molar refractivity (Wildman–Crippen MR) is 111 cm³/mol. The minimum atomic E-state index is -0.0722. The third kappa shape index (κ3) is 7.03. The van der Waals surface area contributed by atoms with Gasteiger partial charge >= 0.3 is 0 Å². The first-order valence-electron chi connectivity index (χ1n) is 8.89. The molecule has 0 unspecified atom stereocenters. The van der Waals surface area contributed by atoms with Crippen molar-refractivity contribution in [1.29, 1.82) is 0 Å². The van der Waals surface area contributed by atoms with Gasteiger partial charge in [-0.05, 0) is 35.9 Å². The number of halogens is 2. The van der Waals surface area contributed by atoms with Gasteiger partial charge in [-0.15, -0.1) is 12.4 Å². The number of ether oxygens (including phenoxy) is 1. The molecule has 0 spiro atoms. The van der Waals surface area contributed by atoms with Crippen molar-refractivity contribution < 1.29 is 9.53 Å². The minimum absolute atomic E-state index is 0. The minimum Gasteiger partial charge on any atom is -0.489 e. The summed E-state index contributed by atoms with van der Waals surface area (Å²) in [7, 11) is 0. The smallest absolute Gasteiger partial charge is 0.251 e. The fraction of sp³-hybridized carbons (Fsp3) is 0.350. The molecule has 0 radical (unpaired) electrons. The third-order valence-electron chi connectivity index (χ3n) is 4.34. The van der Waals surface area contributed by atoms with E-state index in [-0.39, 0.29) is 18.3 Å². The van der Waals surface area contributed by atoms with Crippen molar-refractivity contribution in [3.63, 3.8) is 0 Å². The van der Waals surface area contributed by atoms with Crippen LogP contribution in [0.1, 0.15) is 15.9 Å². The van der Waals surface area contributed by atoms with Crippen molar-refractivity contribution in [2.45, 2.75) is 6.61 Å². The van der Waals surface area contributed by atoms with Crippen LogP contribution in [0.4, 0.5) is 0 Å². The topological polar surface area (TPSA) is 53.6 Å². The number of carbonyl (C=O) groups is 1. The van der Waals surface area contributed by atoms with E-state index in [1.165, 1.54) is 0 Å². The number of rotatable bonds is 7. The summed E-state index contributed by atoms with van der Waals surface area (Å²) in [6, 6.07) is 14.8. The van der Waals surface area contributed by atoms with Crippen molar-refractivity contribution in [2.24, 2.45) is 0 Å². The SMILES string of the molecule is Cl.O=C(NCCN1CCNCC1)c1cccc(OCc2ccc(Cl)cc2)c1. The summed E-state index contributed by atoms with van der Waals surface area (Å²) in [6.45, 7) is 6.05. The van der Waals surface area contributed by atoms with Gasteiger partial charge < -0.3 is 15.4 Å². The maximum Gasteiger partial charge on any atom is 0.251 e. The molecule has 0 atom stereocenters. The molecule has 5 nitrogen and oxygen atoms in total. The molecule has 0 aromatic heterocycles.